The maximum Gasteiger partial charge on any atom is 0.321 e. The molecule has 2 unspecified atom stereocenters. The van der Waals surface area contributed by atoms with Crippen LogP contribution in [0.3, 0.4) is 0 Å². The number of likely N-dealkylation sites (tertiary alicyclic amines) is 1. The monoisotopic (exact) mass is 255 g/mol. The summed E-state index contributed by atoms with van der Waals surface area (Å²) in [5.74, 6) is -0.324. The van der Waals surface area contributed by atoms with Gasteiger partial charge in [0.2, 0.25) is 0 Å². The van der Waals surface area contributed by atoms with Crippen LogP contribution < -0.4 is 0 Å². The van der Waals surface area contributed by atoms with Crippen LogP contribution in [0.5, 0.6) is 0 Å². The molecule has 1 fully saturated rings. The van der Waals surface area contributed by atoms with E-state index in [0.717, 1.165) is 25.9 Å². The summed E-state index contributed by atoms with van der Waals surface area (Å²) in [5.41, 5.74) is 0. The molecule has 1 aliphatic heterocycles. The summed E-state index contributed by atoms with van der Waals surface area (Å²) in [5, 5.41) is 9.21. The second-order valence-corrected chi connectivity index (χ2v) is 5.71. The van der Waals surface area contributed by atoms with Crippen molar-refractivity contribution in [3.63, 3.8) is 0 Å². The Morgan fingerprint density at radius 2 is 1.78 bits per heavy atom. The molecular weight excluding hydrogens is 226 g/mol. The zero-order valence-corrected chi connectivity index (χ0v) is 12.0. The number of carboxylic acid groups (broad SMARTS) is 1. The molecule has 0 spiro atoms. The van der Waals surface area contributed by atoms with Gasteiger partial charge >= 0.3 is 5.97 Å². The van der Waals surface area contributed by atoms with Crippen LogP contribution >= 0.6 is 0 Å². The van der Waals surface area contributed by atoms with Crippen molar-refractivity contribution < 1.29 is 9.90 Å². The molecule has 0 radical (unpaired) electrons. The predicted octanol–water partition coefficient (Wildman–Crippen LogP) is 3.53. The smallest absolute Gasteiger partial charge is 0.321 e. The summed E-state index contributed by atoms with van der Waals surface area (Å²) in [6.45, 7) is 6.23. The third-order valence-corrected chi connectivity index (χ3v) is 4.11. The van der Waals surface area contributed by atoms with Crippen molar-refractivity contribution in [2.75, 3.05) is 13.1 Å². The summed E-state index contributed by atoms with van der Waals surface area (Å²) in [6.07, 6.45) is 10.1. The van der Waals surface area contributed by atoms with Gasteiger partial charge in [0.1, 0.15) is 6.04 Å². The molecule has 3 heteroatoms. The van der Waals surface area contributed by atoms with Gasteiger partial charge < -0.3 is 5.11 Å². The van der Waals surface area contributed by atoms with Crippen molar-refractivity contribution in [1.82, 2.24) is 4.90 Å². The van der Waals surface area contributed by atoms with Gasteiger partial charge in [-0.25, -0.2) is 0 Å². The Morgan fingerprint density at radius 3 is 2.39 bits per heavy atom. The Labute approximate surface area is 112 Å². The number of carboxylic acids is 1. The van der Waals surface area contributed by atoms with Crippen LogP contribution in [-0.4, -0.2) is 35.1 Å². The van der Waals surface area contributed by atoms with Gasteiger partial charge in [0.05, 0.1) is 0 Å². The van der Waals surface area contributed by atoms with E-state index in [1.54, 1.807) is 0 Å². The standard InChI is InChI=1S/C15H29NO2/c1-3-4-5-6-7-8-9-11-16-12-10-13(2)14(16)15(17)18/h13-14H,3-12H2,1-2H3,(H,17,18). The number of nitrogens with zero attached hydrogens (tertiary/aromatic N) is 1. The van der Waals surface area contributed by atoms with E-state index in [4.69, 9.17) is 0 Å². The lowest BCUT2D eigenvalue weighted by Crippen LogP contribution is -2.39. The van der Waals surface area contributed by atoms with Gasteiger partial charge in [-0.15, -0.1) is 0 Å². The molecule has 0 aliphatic carbocycles. The van der Waals surface area contributed by atoms with Crippen LogP contribution in [0.4, 0.5) is 0 Å². The number of unbranched alkanes of at least 4 members (excludes halogenated alkanes) is 6. The van der Waals surface area contributed by atoms with E-state index in [9.17, 15) is 9.90 Å². The number of carbonyl (C=O) groups is 1. The van der Waals surface area contributed by atoms with Crippen LogP contribution in [0.15, 0.2) is 0 Å². The Balaban J connectivity index is 2.10. The van der Waals surface area contributed by atoms with Crippen LogP contribution in [-0.2, 0) is 4.79 Å². The number of hydrogen-bond acceptors (Lipinski definition) is 2. The molecule has 1 saturated heterocycles. The Hall–Kier alpha value is -0.570. The van der Waals surface area contributed by atoms with E-state index >= 15 is 0 Å². The van der Waals surface area contributed by atoms with Crippen molar-refractivity contribution in [3.05, 3.63) is 0 Å². The quantitative estimate of drug-likeness (QED) is 0.641. The Morgan fingerprint density at radius 1 is 1.17 bits per heavy atom. The van der Waals surface area contributed by atoms with E-state index in [1.807, 2.05) is 0 Å². The summed E-state index contributed by atoms with van der Waals surface area (Å²) >= 11 is 0. The minimum absolute atomic E-state index is 0.231. The zero-order valence-electron chi connectivity index (χ0n) is 12.0. The SMILES string of the molecule is CCCCCCCCCN1CCC(C)C1C(=O)O. The third-order valence-electron chi connectivity index (χ3n) is 4.11. The summed E-state index contributed by atoms with van der Waals surface area (Å²) in [7, 11) is 0. The molecule has 2 atom stereocenters. The average molecular weight is 255 g/mol. The van der Waals surface area contributed by atoms with Crippen LogP contribution in [0.25, 0.3) is 0 Å². The summed E-state index contributed by atoms with van der Waals surface area (Å²) < 4.78 is 0. The molecule has 18 heavy (non-hydrogen) atoms. The molecular formula is C15H29NO2. The van der Waals surface area contributed by atoms with Gasteiger partial charge in [-0.3, -0.25) is 9.69 Å². The number of aliphatic carboxylic acids is 1. The second kappa shape index (κ2) is 8.52. The number of rotatable bonds is 9. The van der Waals surface area contributed by atoms with Crippen LogP contribution in [0, 0.1) is 5.92 Å². The first-order valence-electron chi connectivity index (χ1n) is 7.63. The lowest BCUT2D eigenvalue weighted by Gasteiger charge is -2.22. The highest BCUT2D eigenvalue weighted by Gasteiger charge is 2.35. The van der Waals surface area contributed by atoms with E-state index < -0.39 is 5.97 Å². The largest absolute Gasteiger partial charge is 0.480 e. The van der Waals surface area contributed by atoms with E-state index in [2.05, 4.69) is 18.7 Å². The molecule has 0 amide bonds. The van der Waals surface area contributed by atoms with Gasteiger partial charge in [-0.1, -0.05) is 52.4 Å². The maximum atomic E-state index is 11.2. The van der Waals surface area contributed by atoms with E-state index in [1.165, 1.54) is 38.5 Å². The molecule has 0 saturated carbocycles. The summed E-state index contributed by atoms with van der Waals surface area (Å²) in [6, 6.07) is -0.231. The molecule has 0 bridgehead atoms. The van der Waals surface area contributed by atoms with Gasteiger partial charge in [0.25, 0.3) is 0 Å². The highest BCUT2D eigenvalue weighted by atomic mass is 16.4. The molecule has 1 rings (SSSR count). The topological polar surface area (TPSA) is 40.5 Å². The highest BCUT2D eigenvalue weighted by molar-refractivity contribution is 5.74. The fraction of sp³-hybridized carbons (Fsp3) is 0.933. The van der Waals surface area contributed by atoms with Crippen molar-refractivity contribution in [3.8, 4) is 0 Å². The maximum absolute atomic E-state index is 11.2. The molecule has 1 N–H and O–H groups in total. The molecule has 0 aromatic heterocycles. The van der Waals surface area contributed by atoms with Gasteiger partial charge in [0.15, 0.2) is 0 Å². The molecule has 3 nitrogen and oxygen atoms in total. The van der Waals surface area contributed by atoms with E-state index in [-0.39, 0.29) is 6.04 Å². The summed E-state index contributed by atoms with van der Waals surface area (Å²) in [4.78, 5) is 13.4. The molecule has 106 valence electrons. The molecule has 1 aliphatic rings. The van der Waals surface area contributed by atoms with Crippen molar-refractivity contribution in [2.45, 2.75) is 71.3 Å². The Kier molecular flexibility index (Phi) is 7.33. The minimum Gasteiger partial charge on any atom is -0.480 e. The van der Waals surface area contributed by atoms with Gasteiger partial charge in [0, 0.05) is 0 Å². The lowest BCUT2D eigenvalue weighted by atomic mass is 10.0. The second-order valence-electron chi connectivity index (χ2n) is 5.71. The van der Waals surface area contributed by atoms with Crippen molar-refractivity contribution in [1.29, 1.82) is 0 Å². The van der Waals surface area contributed by atoms with Crippen LogP contribution in [0.2, 0.25) is 0 Å². The van der Waals surface area contributed by atoms with Crippen LogP contribution in [0.1, 0.15) is 65.2 Å². The zero-order chi connectivity index (χ0) is 13.4. The average Bonchev–Trinajstić information content (AvgIpc) is 2.69. The predicted molar refractivity (Wildman–Crippen MR) is 74.8 cm³/mol. The molecule has 1 heterocycles. The van der Waals surface area contributed by atoms with Gasteiger partial charge in [-0.05, 0) is 31.8 Å². The number of hydrogen-bond donors (Lipinski definition) is 1. The fourth-order valence-corrected chi connectivity index (χ4v) is 2.95. The highest BCUT2D eigenvalue weighted by Crippen LogP contribution is 2.24. The minimum atomic E-state index is -0.636. The Bertz CT molecular complexity index is 243. The van der Waals surface area contributed by atoms with Gasteiger partial charge in [-0.2, -0.15) is 0 Å². The van der Waals surface area contributed by atoms with Crippen molar-refractivity contribution >= 4 is 5.97 Å². The molecule has 0 aromatic carbocycles. The lowest BCUT2D eigenvalue weighted by molar-refractivity contribution is -0.143. The molecule has 0 aromatic rings. The van der Waals surface area contributed by atoms with Crippen molar-refractivity contribution in [2.24, 2.45) is 5.92 Å². The first-order valence-corrected chi connectivity index (χ1v) is 7.63. The van der Waals surface area contributed by atoms with E-state index in [0.29, 0.717) is 5.92 Å². The third kappa shape index (κ3) is 4.97. The first kappa shape index (κ1) is 15.5. The normalized spacial score (nSPS) is 24.6. The fourth-order valence-electron chi connectivity index (χ4n) is 2.95. The first-order chi connectivity index (χ1) is 8.66.